The van der Waals surface area contributed by atoms with Crippen molar-refractivity contribution in [2.24, 2.45) is 0 Å². The molecule has 0 aliphatic carbocycles. The molecule has 0 aromatic heterocycles. The standard InChI is InChI=1S/C8H9NO2.ClH/c1-6-3-2-4-7(5-6)9-8(10)11;/h2-5,9H,1H3,(H,10,11);1H. The third-order valence-electron chi connectivity index (χ3n) is 1.27. The number of aryl methyl sites for hydroxylation is 1. The lowest BCUT2D eigenvalue weighted by Gasteiger charge is -1.99. The fraction of sp³-hybridized carbons (Fsp3) is 0.125. The molecule has 0 spiro atoms. The van der Waals surface area contributed by atoms with Gasteiger partial charge < -0.3 is 5.11 Å². The minimum Gasteiger partial charge on any atom is -0.465 e. The minimum absolute atomic E-state index is 0. The van der Waals surface area contributed by atoms with Crippen molar-refractivity contribution in [2.45, 2.75) is 6.92 Å². The first-order valence-corrected chi connectivity index (χ1v) is 3.25. The summed E-state index contributed by atoms with van der Waals surface area (Å²) in [6.07, 6.45) is -1.03. The van der Waals surface area contributed by atoms with Crippen LogP contribution in [0.5, 0.6) is 0 Å². The van der Waals surface area contributed by atoms with E-state index in [-0.39, 0.29) is 12.4 Å². The molecule has 0 aliphatic heterocycles. The van der Waals surface area contributed by atoms with Crippen LogP contribution in [0.2, 0.25) is 0 Å². The molecule has 0 unspecified atom stereocenters. The van der Waals surface area contributed by atoms with Gasteiger partial charge >= 0.3 is 6.09 Å². The fourth-order valence-electron chi connectivity index (χ4n) is 0.846. The van der Waals surface area contributed by atoms with Crippen molar-refractivity contribution >= 4 is 24.2 Å². The molecule has 0 saturated heterocycles. The maximum atomic E-state index is 10.2. The maximum Gasteiger partial charge on any atom is 0.409 e. The van der Waals surface area contributed by atoms with E-state index in [4.69, 9.17) is 5.11 Å². The highest BCUT2D eigenvalue weighted by atomic mass is 35.5. The Balaban J connectivity index is 0.00000121. The van der Waals surface area contributed by atoms with Crippen LogP contribution in [0, 0.1) is 6.92 Å². The quantitative estimate of drug-likeness (QED) is 0.710. The monoisotopic (exact) mass is 187 g/mol. The number of rotatable bonds is 1. The van der Waals surface area contributed by atoms with E-state index in [1.165, 1.54) is 0 Å². The second-order valence-corrected chi connectivity index (χ2v) is 2.30. The lowest BCUT2D eigenvalue weighted by Crippen LogP contribution is -2.06. The van der Waals surface area contributed by atoms with Crippen LogP contribution in [0.15, 0.2) is 24.3 Å². The number of hydrogen-bond acceptors (Lipinski definition) is 1. The Morgan fingerprint density at radius 2 is 2.17 bits per heavy atom. The van der Waals surface area contributed by atoms with E-state index < -0.39 is 6.09 Å². The molecular formula is C8H10ClNO2. The third-order valence-corrected chi connectivity index (χ3v) is 1.27. The van der Waals surface area contributed by atoms with Crippen molar-refractivity contribution in [3.05, 3.63) is 29.8 Å². The highest BCUT2D eigenvalue weighted by Crippen LogP contribution is 2.08. The first kappa shape index (κ1) is 10.8. The molecule has 1 aromatic carbocycles. The zero-order chi connectivity index (χ0) is 8.27. The Labute approximate surface area is 76.8 Å². The van der Waals surface area contributed by atoms with E-state index in [0.717, 1.165) is 5.56 Å². The maximum absolute atomic E-state index is 10.2. The molecule has 1 rings (SSSR count). The van der Waals surface area contributed by atoms with Crippen molar-refractivity contribution in [1.29, 1.82) is 0 Å². The van der Waals surface area contributed by atoms with Gasteiger partial charge in [-0.05, 0) is 24.6 Å². The van der Waals surface area contributed by atoms with Crippen LogP contribution in [-0.2, 0) is 0 Å². The fourth-order valence-corrected chi connectivity index (χ4v) is 0.846. The number of halogens is 1. The van der Waals surface area contributed by atoms with E-state index in [1.807, 2.05) is 13.0 Å². The number of benzene rings is 1. The van der Waals surface area contributed by atoms with Crippen LogP contribution >= 0.6 is 12.4 Å². The van der Waals surface area contributed by atoms with Crippen molar-refractivity contribution in [1.82, 2.24) is 0 Å². The molecular weight excluding hydrogens is 178 g/mol. The van der Waals surface area contributed by atoms with Gasteiger partial charge in [-0.15, -0.1) is 12.4 Å². The minimum atomic E-state index is -1.03. The number of amides is 1. The Morgan fingerprint density at radius 3 is 2.67 bits per heavy atom. The summed E-state index contributed by atoms with van der Waals surface area (Å²) in [5.41, 5.74) is 1.65. The van der Waals surface area contributed by atoms with Gasteiger partial charge in [0.25, 0.3) is 0 Å². The van der Waals surface area contributed by atoms with Gasteiger partial charge in [-0.3, -0.25) is 5.32 Å². The molecule has 1 amide bonds. The van der Waals surface area contributed by atoms with Gasteiger partial charge in [-0.2, -0.15) is 0 Å². The van der Waals surface area contributed by atoms with E-state index in [2.05, 4.69) is 5.32 Å². The second-order valence-electron chi connectivity index (χ2n) is 2.30. The van der Waals surface area contributed by atoms with Crippen molar-refractivity contribution in [3.8, 4) is 0 Å². The zero-order valence-corrected chi connectivity index (χ0v) is 7.39. The number of hydrogen-bond donors (Lipinski definition) is 2. The number of anilines is 1. The van der Waals surface area contributed by atoms with Gasteiger partial charge in [-0.25, -0.2) is 4.79 Å². The molecule has 3 nitrogen and oxygen atoms in total. The van der Waals surface area contributed by atoms with Crippen LogP contribution in [0.25, 0.3) is 0 Å². The van der Waals surface area contributed by atoms with Crippen molar-refractivity contribution in [2.75, 3.05) is 5.32 Å². The van der Waals surface area contributed by atoms with Gasteiger partial charge in [0, 0.05) is 5.69 Å². The van der Waals surface area contributed by atoms with E-state index in [0.29, 0.717) is 5.69 Å². The molecule has 1 aromatic rings. The molecule has 0 atom stereocenters. The van der Waals surface area contributed by atoms with Gasteiger partial charge in [0.05, 0.1) is 0 Å². The molecule has 0 bridgehead atoms. The Bertz CT molecular complexity index is 276. The second kappa shape index (κ2) is 4.62. The molecule has 0 fully saturated rings. The number of carbonyl (C=O) groups is 1. The smallest absolute Gasteiger partial charge is 0.409 e. The molecule has 0 aliphatic rings. The van der Waals surface area contributed by atoms with Crippen molar-refractivity contribution < 1.29 is 9.90 Å². The largest absolute Gasteiger partial charge is 0.465 e. The van der Waals surface area contributed by atoms with Gasteiger partial charge in [0.1, 0.15) is 0 Å². The Morgan fingerprint density at radius 1 is 1.50 bits per heavy atom. The van der Waals surface area contributed by atoms with E-state index in [9.17, 15) is 4.79 Å². The van der Waals surface area contributed by atoms with Crippen LogP contribution in [0.1, 0.15) is 5.56 Å². The average Bonchev–Trinajstić information content (AvgIpc) is 1.85. The first-order valence-electron chi connectivity index (χ1n) is 3.25. The highest BCUT2D eigenvalue weighted by molar-refractivity contribution is 5.85. The summed E-state index contributed by atoms with van der Waals surface area (Å²) < 4.78 is 0. The van der Waals surface area contributed by atoms with Gasteiger partial charge in [0.15, 0.2) is 0 Å². The number of carboxylic acid groups (broad SMARTS) is 1. The predicted molar refractivity (Wildman–Crippen MR) is 50.1 cm³/mol. The normalized spacial score (nSPS) is 8.42. The molecule has 66 valence electrons. The Kier molecular flexibility index (Phi) is 4.15. The zero-order valence-electron chi connectivity index (χ0n) is 6.57. The molecule has 0 radical (unpaired) electrons. The summed E-state index contributed by atoms with van der Waals surface area (Å²) in [6, 6.07) is 7.20. The summed E-state index contributed by atoms with van der Waals surface area (Å²) in [5, 5.41) is 10.6. The van der Waals surface area contributed by atoms with Crippen LogP contribution in [0.4, 0.5) is 10.5 Å². The summed E-state index contributed by atoms with van der Waals surface area (Å²) in [7, 11) is 0. The molecule has 4 heteroatoms. The molecule has 0 heterocycles. The lowest BCUT2D eigenvalue weighted by atomic mass is 10.2. The molecule has 12 heavy (non-hydrogen) atoms. The summed E-state index contributed by atoms with van der Waals surface area (Å²) in [6.45, 7) is 1.91. The van der Waals surface area contributed by atoms with Gasteiger partial charge in [-0.1, -0.05) is 12.1 Å². The summed E-state index contributed by atoms with van der Waals surface area (Å²) >= 11 is 0. The van der Waals surface area contributed by atoms with E-state index in [1.54, 1.807) is 18.2 Å². The van der Waals surface area contributed by atoms with Gasteiger partial charge in [0.2, 0.25) is 0 Å². The average molecular weight is 188 g/mol. The van der Waals surface area contributed by atoms with Crippen LogP contribution < -0.4 is 5.32 Å². The summed E-state index contributed by atoms with van der Waals surface area (Å²) in [4.78, 5) is 10.2. The third kappa shape index (κ3) is 3.25. The van der Waals surface area contributed by atoms with E-state index >= 15 is 0 Å². The molecule has 0 saturated carbocycles. The number of nitrogens with one attached hydrogen (secondary N) is 1. The summed E-state index contributed by atoms with van der Waals surface area (Å²) in [5.74, 6) is 0. The first-order chi connectivity index (χ1) is 5.18. The SMILES string of the molecule is Cc1cccc(NC(=O)O)c1.Cl. The van der Waals surface area contributed by atoms with Crippen LogP contribution in [-0.4, -0.2) is 11.2 Å². The van der Waals surface area contributed by atoms with Crippen LogP contribution in [0.3, 0.4) is 0 Å². The highest BCUT2D eigenvalue weighted by Gasteiger charge is 1.95. The topological polar surface area (TPSA) is 49.3 Å². The Hall–Kier alpha value is -1.22. The predicted octanol–water partition coefficient (Wildman–Crippen LogP) is 2.51. The molecule has 2 N–H and O–H groups in total. The van der Waals surface area contributed by atoms with Crippen molar-refractivity contribution in [3.63, 3.8) is 0 Å². The lowest BCUT2D eigenvalue weighted by molar-refractivity contribution is 0.210.